The van der Waals surface area contributed by atoms with Gasteiger partial charge in [-0.15, -0.1) is 0 Å². The highest BCUT2D eigenvalue weighted by molar-refractivity contribution is 9.09. The van der Waals surface area contributed by atoms with Gasteiger partial charge in [-0.05, 0) is 18.6 Å². The van der Waals surface area contributed by atoms with Gasteiger partial charge in [0.15, 0.2) is 9.84 Å². The van der Waals surface area contributed by atoms with Gasteiger partial charge in [0, 0.05) is 4.83 Å². The highest BCUT2D eigenvalue weighted by Crippen LogP contribution is 2.31. The Morgan fingerprint density at radius 3 is 2.69 bits per heavy atom. The number of sulfone groups is 1. The van der Waals surface area contributed by atoms with Crippen molar-refractivity contribution in [3.05, 3.63) is 22.8 Å². The van der Waals surface area contributed by atoms with Gasteiger partial charge in [0.05, 0.1) is 20.3 Å². The number of rotatable bonds is 3. The van der Waals surface area contributed by atoms with Gasteiger partial charge in [-0.3, -0.25) is 0 Å². The van der Waals surface area contributed by atoms with Crippen molar-refractivity contribution < 1.29 is 17.9 Å². The first-order chi connectivity index (χ1) is 7.55. The van der Waals surface area contributed by atoms with Crippen LogP contribution >= 0.6 is 15.9 Å². The maximum absolute atomic E-state index is 12.2. The van der Waals surface area contributed by atoms with E-state index < -0.39 is 15.1 Å². The quantitative estimate of drug-likeness (QED) is 0.739. The van der Waals surface area contributed by atoms with Crippen molar-refractivity contribution in [3.8, 4) is 0 Å². The molecule has 1 aliphatic carbocycles. The summed E-state index contributed by atoms with van der Waals surface area (Å²) in [6.45, 7) is 0.563. The zero-order valence-electron chi connectivity index (χ0n) is 8.85. The number of methoxy groups -OCH3 is 1. The van der Waals surface area contributed by atoms with Gasteiger partial charge in [0.1, 0.15) is 15.9 Å². The SMILES string of the molecule is COC1=CCC(Br)C=C1S(=O)(=O)C1COC1. The zero-order chi connectivity index (χ0) is 11.8. The van der Waals surface area contributed by atoms with Crippen LogP contribution in [0.15, 0.2) is 22.8 Å². The number of ether oxygens (including phenoxy) is 2. The van der Waals surface area contributed by atoms with Crippen LogP contribution in [0.4, 0.5) is 0 Å². The lowest BCUT2D eigenvalue weighted by atomic mass is 10.2. The summed E-state index contributed by atoms with van der Waals surface area (Å²) in [6, 6.07) is 0. The molecular formula is C10H13BrO4S. The van der Waals surface area contributed by atoms with Crippen molar-refractivity contribution in [1.29, 1.82) is 0 Å². The van der Waals surface area contributed by atoms with Crippen molar-refractivity contribution in [2.24, 2.45) is 0 Å². The molecule has 90 valence electrons. The van der Waals surface area contributed by atoms with Crippen LogP contribution in [0.2, 0.25) is 0 Å². The third kappa shape index (κ3) is 2.06. The second kappa shape index (κ2) is 4.50. The van der Waals surface area contributed by atoms with Crippen LogP contribution in [0, 0.1) is 0 Å². The average molecular weight is 309 g/mol. The number of alkyl halides is 1. The molecule has 1 unspecified atom stereocenters. The largest absolute Gasteiger partial charge is 0.496 e. The van der Waals surface area contributed by atoms with E-state index in [0.717, 1.165) is 6.42 Å². The fraction of sp³-hybridized carbons (Fsp3) is 0.600. The van der Waals surface area contributed by atoms with Gasteiger partial charge in [-0.2, -0.15) is 0 Å². The van der Waals surface area contributed by atoms with Gasteiger partial charge in [-0.1, -0.05) is 15.9 Å². The molecule has 0 aromatic carbocycles. The number of halogens is 1. The molecule has 0 aromatic heterocycles. The summed E-state index contributed by atoms with van der Waals surface area (Å²) in [5.74, 6) is 0.447. The van der Waals surface area contributed by atoms with Crippen molar-refractivity contribution in [1.82, 2.24) is 0 Å². The summed E-state index contributed by atoms with van der Waals surface area (Å²) in [5, 5.41) is -0.421. The molecule has 0 radical (unpaired) electrons. The minimum Gasteiger partial charge on any atom is -0.496 e. The molecule has 1 atom stereocenters. The summed E-state index contributed by atoms with van der Waals surface area (Å²) >= 11 is 3.39. The van der Waals surface area contributed by atoms with Gasteiger partial charge >= 0.3 is 0 Å². The summed E-state index contributed by atoms with van der Waals surface area (Å²) in [6.07, 6.45) is 4.24. The van der Waals surface area contributed by atoms with E-state index in [1.54, 1.807) is 12.2 Å². The number of hydrogen-bond acceptors (Lipinski definition) is 4. The molecule has 0 N–H and O–H groups in total. The first-order valence-electron chi connectivity index (χ1n) is 4.97. The normalized spacial score (nSPS) is 26.8. The van der Waals surface area contributed by atoms with Gasteiger partial charge in [0.25, 0.3) is 0 Å². The van der Waals surface area contributed by atoms with E-state index >= 15 is 0 Å². The van der Waals surface area contributed by atoms with Crippen LogP contribution in [0.3, 0.4) is 0 Å². The van der Waals surface area contributed by atoms with Crippen molar-refractivity contribution >= 4 is 25.8 Å². The van der Waals surface area contributed by atoms with E-state index in [1.807, 2.05) is 0 Å². The van der Waals surface area contributed by atoms with E-state index in [0.29, 0.717) is 5.76 Å². The number of allylic oxidation sites excluding steroid dienone is 2. The van der Waals surface area contributed by atoms with Crippen molar-refractivity contribution in [2.45, 2.75) is 16.5 Å². The topological polar surface area (TPSA) is 52.6 Å². The Kier molecular flexibility index (Phi) is 3.42. The predicted molar refractivity (Wildman–Crippen MR) is 64.0 cm³/mol. The van der Waals surface area contributed by atoms with Crippen LogP contribution < -0.4 is 0 Å². The van der Waals surface area contributed by atoms with Crippen LogP contribution in [0.1, 0.15) is 6.42 Å². The van der Waals surface area contributed by atoms with E-state index in [9.17, 15) is 8.42 Å². The molecule has 1 saturated heterocycles. The Morgan fingerprint density at radius 2 is 2.19 bits per heavy atom. The molecule has 0 spiro atoms. The lowest BCUT2D eigenvalue weighted by molar-refractivity contribution is 0.0419. The summed E-state index contributed by atoms with van der Waals surface area (Å²) in [5.41, 5.74) is 0. The third-order valence-corrected chi connectivity index (χ3v) is 5.41. The van der Waals surface area contributed by atoms with Crippen LogP contribution in [0.25, 0.3) is 0 Å². The summed E-state index contributed by atoms with van der Waals surface area (Å²) < 4.78 is 34.4. The second-order valence-corrected chi connectivity index (χ2v) is 7.13. The Morgan fingerprint density at radius 1 is 1.50 bits per heavy atom. The zero-order valence-corrected chi connectivity index (χ0v) is 11.3. The van der Waals surface area contributed by atoms with Crippen molar-refractivity contribution in [2.75, 3.05) is 20.3 Å². The first kappa shape index (κ1) is 12.1. The third-order valence-electron chi connectivity index (χ3n) is 2.68. The summed E-state index contributed by atoms with van der Waals surface area (Å²) in [7, 11) is -1.82. The van der Waals surface area contributed by atoms with E-state index in [-0.39, 0.29) is 22.9 Å². The molecule has 6 heteroatoms. The fourth-order valence-corrected chi connectivity index (χ4v) is 3.96. The Hall–Kier alpha value is -0.330. The Balaban J connectivity index is 2.33. The van der Waals surface area contributed by atoms with Crippen LogP contribution in [-0.2, 0) is 19.3 Å². The maximum atomic E-state index is 12.2. The molecular weight excluding hydrogens is 296 g/mol. The summed E-state index contributed by atoms with van der Waals surface area (Å²) in [4.78, 5) is 0.341. The Bertz CT molecular complexity index is 434. The Labute approximate surface area is 103 Å². The second-order valence-electron chi connectivity index (χ2n) is 3.76. The van der Waals surface area contributed by atoms with Crippen LogP contribution in [0.5, 0.6) is 0 Å². The molecule has 0 amide bonds. The molecule has 1 aliphatic heterocycles. The van der Waals surface area contributed by atoms with Gasteiger partial charge < -0.3 is 9.47 Å². The maximum Gasteiger partial charge on any atom is 0.189 e. The van der Waals surface area contributed by atoms with E-state index in [1.165, 1.54) is 7.11 Å². The molecule has 2 aliphatic rings. The number of hydrogen-bond donors (Lipinski definition) is 0. The standard InChI is InChI=1S/C10H13BrO4S/c1-14-9-3-2-7(11)4-10(9)16(12,13)8-5-15-6-8/h3-4,7-8H,2,5-6H2,1H3. The highest BCUT2D eigenvalue weighted by Gasteiger charge is 2.38. The molecule has 2 rings (SSSR count). The molecule has 1 fully saturated rings. The van der Waals surface area contributed by atoms with E-state index in [4.69, 9.17) is 9.47 Å². The lowest BCUT2D eigenvalue weighted by Crippen LogP contribution is -2.41. The highest BCUT2D eigenvalue weighted by atomic mass is 79.9. The van der Waals surface area contributed by atoms with Crippen molar-refractivity contribution in [3.63, 3.8) is 0 Å². The fourth-order valence-electron chi connectivity index (χ4n) is 1.63. The minimum absolute atomic E-state index is 0.0529. The molecule has 0 aromatic rings. The van der Waals surface area contributed by atoms with Gasteiger partial charge in [0.2, 0.25) is 0 Å². The predicted octanol–water partition coefficient (Wildman–Crippen LogP) is 1.38. The molecule has 1 heterocycles. The van der Waals surface area contributed by atoms with E-state index in [2.05, 4.69) is 15.9 Å². The van der Waals surface area contributed by atoms with Crippen LogP contribution in [-0.4, -0.2) is 38.8 Å². The minimum atomic E-state index is -3.31. The average Bonchev–Trinajstić information content (AvgIpc) is 2.14. The van der Waals surface area contributed by atoms with Gasteiger partial charge in [-0.25, -0.2) is 8.42 Å². The lowest BCUT2D eigenvalue weighted by Gasteiger charge is -2.28. The monoisotopic (exact) mass is 308 g/mol. The first-order valence-corrected chi connectivity index (χ1v) is 7.44. The smallest absolute Gasteiger partial charge is 0.189 e. The molecule has 0 bridgehead atoms. The molecule has 4 nitrogen and oxygen atoms in total. The molecule has 16 heavy (non-hydrogen) atoms. The molecule has 0 saturated carbocycles.